The average Bonchev–Trinajstić information content (AvgIpc) is 3.54. The number of allylic oxidation sites excluding steroid dienone is 1. The van der Waals surface area contributed by atoms with Gasteiger partial charge in [0.25, 0.3) is 0 Å². The molecule has 0 radical (unpaired) electrons. The molecule has 5 aliphatic rings. The second-order valence-electron chi connectivity index (χ2n) is 13.3. The van der Waals surface area contributed by atoms with Crippen molar-refractivity contribution >= 4 is 11.8 Å². The molecule has 6 nitrogen and oxygen atoms in total. The smallest absolute Gasteiger partial charge is 0.414 e. The van der Waals surface area contributed by atoms with Crippen molar-refractivity contribution in [3.05, 3.63) is 41.5 Å². The molecule has 5 unspecified atom stereocenters. The molecule has 0 bridgehead atoms. The van der Waals surface area contributed by atoms with E-state index in [4.69, 9.17) is 14.2 Å². The van der Waals surface area contributed by atoms with E-state index in [1.54, 1.807) is 12.6 Å². The first-order valence-electron chi connectivity index (χ1n) is 15.2. The maximum Gasteiger partial charge on any atom is 0.414 e. The van der Waals surface area contributed by atoms with Crippen LogP contribution in [-0.4, -0.2) is 48.5 Å². The molecule has 1 aliphatic heterocycles. The number of amides is 1. The van der Waals surface area contributed by atoms with Gasteiger partial charge in [0.2, 0.25) is 0 Å². The molecule has 0 aromatic heterocycles. The van der Waals surface area contributed by atoms with Crippen LogP contribution in [0.2, 0.25) is 0 Å². The van der Waals surface area contributed by atoms with Gasteiger partial charge >= 0.3 is 6.09 Å². The van der Waals surface area contributed by atoms with Crippen molar-refractivity contribution in [3.8, 4) is 11.8 Å². The molecule has 1 aromatic carbocycles. The summed E-state index contributed by atoms with van der Waals surface area (Å²) in [6, 6.07) is 9.41. The van der Waals surface area contributed by atoms with Gasteiger partial charge in [0, 0.05) is 31.5 Å². The number of ether oxygens (including phenoxy) is 3. The summed E-state index contributed by atoms with van der Waals surface area (Å²) < 4.78 is 17.1. The van der Waals surface area contributed by atoms with E-state index < -0.39 is 17.0 Å². The van der Waals surface area contributed by atoms with Crippen molar-refractivity contribution in [2.45, 2.75) is 102 Å². The molecule has 4 fully saturated rings. The van der Waals surface area contributed by atoms with Gasteiger partial charge in [0.05, 0.1) is 18.8 Å². The fraction of sp³-hybridized carbons (Fsp3) is 0.676. The Morgan fingerprint density at radius 2 is 1.75 bits per heavy atom. The van der Waals surface area contributed by atoms with Gasteiger partial charge in [-0.1, -0.05) is 29.7 Å². The van der Waals surface area contributed by atoms with Crippen LogP contribution in [0.5, 0.6) is 0 Å². The monoisotopic (exact) mass is 549 g/mol. The zero-order chi connectivity index (χ0) is 28.5. The number of anilines is 1. The Balaban J connectivity index is 0.000000186. The number of carbonyl (C=O) groups is 1. The van der Waals surface area contributed by atoms with Crippen molar-refractivity contribution in [1.29, 1.82) is 0 Å². The van der Waals surface area contributed by atoms with Crippen LogP contribution < -0.4 is 4.90 Å². The number of hydrogen-bond acceptors (Lipinski definition) is 5. The van der Waals surface area contributed by atoms with Crippen LogP contribution >= 0.6 is 0 Å². The van der Waals surface area contributed by atoms with Gasteiger partial charge in [-0.05, 0) is 108 Å². The second-order valence-corrected chi connectivity index (χ2v) is 13.3. The number of carbonyl (C=O) groups excluding carboxylic acids is 1. The number of benzene rings is 1. The zero-order valence-corrected chi connectivity index (χ0v) is 25.0. The van der Waals surface area contributed by atoms with E-state index in [-0.39, 0.29) is 6.09 Å². The highest BCUT2D eigenvalue weighted by atomic mass is 16.7. The second kappa shape index (κ2) is 11.5. The van der Waals surface area contributed by atoms with Gasteiger partial charge < -0.3 is 19.3 Å². The fourth-order valence-electron chi connectivity index (χ4n) is 8.02. The molecule has 6 rings (SSSR count). The van der Waals surface area contributed by atoms with Crippen molar-refractivity contribution in [2.75, 3.05) is 25.2 Å². The summed E-state index contributed by atoms with van der Waals surface area (Å²) in [5.41, 5.74) is 2.68. The van der Waals surface area contributed by atoms with Crippen LogP contribution in [0.25, 0.3) is 0 Å². The molecular formula is C34H47NO5. The highest BCUT2D eigenvalue weighted by Crippen LogP contribution is 2.59. The minimum atomic E-state index is -0.678. The summed E-state index contributed by atoms with van der Waals surface area (Å²) in [5, 5.41) is 11.5. The Morgan fingerprint density at radius 1 is 1.02 bits per heavy atom. The van der Waals surface area contributed by atoms with Crippen LogP contribution in [0.3, 0.4) is 0 Å². The van der Waals surface area contributed by atoms with Crippen LogP contribution in [-0.2, 0) is 14.2 Å². The average molecular weight is 550 g/mol. The highest BCUT2D eigenvalue weighted by Gasteiger charge is 2.55. The van der Waals surface area contributed by atoms with Crippen LogP contribution in [0.1, 0.15) is 85.5 Å². The Kier molecular flexibility index (Phi) is 8.39. The summed E-state index contributed by atoms with van der Waals surface area (Å²) in [5.74, 6) is 9.08. The van der Waals surface area contributed by atoms with E-state index in [9.17, 15) is 9.90 Å². The number of aliphatic hydroxyl groups is 1. The van der Waals surface area contributed by atoms with E-state index in [2.05, 4.69) is 11.8 Å². The van der Waals surface area contributed by atoms with Gasteiger partial charge in [0.1, 0.15) is 5.60 Å². The molecule has 1 amide bonds. The van der Waals surface area contributed by atoms with E-state index in [1.807, 2.05) is 58.0 Å². The van der Waals surface area contributed by atoms with Crippen molar-refractivity contribution in [2.24, 2.45) is 23.7 Å². The third-order valence-corrected chi connectivity index (χ3v) is 9.68. The van der Waals surface area contributed by atoms with Crippen LogP contribution in [0, 0.1) is 35.5 Å². The molecule has 40 heavy (non-hydrogen) atoms. The molecule has 1 heterocycles. The summed E-state index contributed by atoms with van der Waals surface area (Å²) in [7, 11) is 1.70. The molecular weight excluding hydrogens is 502 g/mol. The molecule has 6 heteroatoms. The highest BCUT2D eigenvalue weighted by molar-refractivity contribution is 5.87. The largest absolute Gasteiger partial charge is 0.443 e. The molecule has 1 N–H and O–H groups in total. The lowest BCUT2D eigenvalue weighted by molar-refractivity contribution is -0.207. The molecule has 218 valence electrons. The molecule has 4 aliphatic carbocycles. The van der Waals surface area contributed by atoms with Gasteiger partial charge in [-0.25, -0.2) is 4.79 Å². The maximum atomic E-state index is 11.7. The topological polar surface area (TPSA) is 68.2 Å². The lowest BCUT2D eigenvalue weighted by Gasteiger charge is -2.51. The Morgan fingerprint density at radius 3 is 2.42 bits per heavy atom. The first-order valence-corrected chi connectivity index (χ1v) is 15.2. The van der Waals surface area contributed by atoms with E-state index in [1.165, 1.54) is 36.2 Å². The SMILES string of the molecule is CC#CC1CCC2C3CCC4(O)CC5(CCC4=C3CCC12)OCCO5.CN(C(=O)OC(C)(C)C)c1ccccc1. The third kappa shape index (κ3) is 5.98. The van der Waals surface area contributed by atoms with Gasteiger partial charge in [-0.2, -0.15) is 0 Å². The predicted molar refractivity (Wildman–Crippen MR) is 157 cm³/mol. The Labute approximate surface area is 240 Å². The van der Waals surface area contributed by atoms with Crippen molar-refractivity contribution in [3.63, 3.8) is 0 Å². The lowest BCUT2D eigenvalue weighted by atomic mass is 9.58. The molecule has 3 saturated carbocycles. The van der Waals surface area contributed by atoms with Gasteiger partial charge in [-0.3, -0.25) is 4.90 Å². The van der Waals surface area contributed by atoms with Crippen LogP contribution in [0.15, 0.2) is 41.5 Å². The first kappa shape index (κ1) is 29.2. The Bertz CT molecular complexity index is 1150. The minimum absolute atomic E-state index is 0.339. The summed E-state index contributed by atoms with van der Waals surface area (Å²) in [4.78, 5) is 13.2. The van der Waals surface area contributed by atoms with E-state index >= 15 is 0 Å². The number of rotatable bonds is 1. The predicted octanol–water partition coefficient (Wildman–Crippen LogP) is 6.87. The Hall–Kier alpha value is -2.33. The number of para-hydroxylation sites is 1. The third-order valence-electron chi connectivity index (χ3n) is 9.68. The quantitative estimate of drug-likeness (QED) is 0.306. The molecule has 1 spiro atoms. The van der Waals surface area contributed by atoms with Gasteiger partial charge in [-0.15, -0.1) is 5.92 Å². The molecule has 1 aromatic rings. The standard InChI is InChI=1S/C22H30O3.C12H17NO2/c1-2-3-15-4-5-17-16(15)6-7-19-18(17)8-10-21(23)14-22(11-9-20(19)21)24-12-13-25-22;1-12(2,3)15-11(14)13(4)10-8-6-5-7-9-10/h15-18,23H,4-14H2,1H3;5-9H,1-4H3. The van der Waals surface area contributed by atoms with Crippen molar-refractivity contribution < 1.29 is 24.1 Å². The maximum absolute atomic E-state index is 11.7. The lowest BCUT2D eigenvalue weighted by Crippen LogP contribution is -2.51. The van der Waals surface area contributed by atoms with Crippen LogP contribution in [0.4, 0.5) is 10.5 Å². The number of nitrogens with zero attached hydrogens (tertiary/aromatic N) is 1. The van der Waals surface area contributed by atoms with E-state index in [0.29, 0.717) is 31.5 Å². The molecule has 1 saturated heterocycles. The summed E-state index contributed by atoms with van der Waals surface area (Å²) in [6.45, 7) is 8.88. The summed E-state index contributed by atoms with van der Waals surface area (Å²) in [6.07, 6.45) is 9.27. The molecule has 5 atom stereocenters. The normalized spacial score (nSPS) is 32.0. The first-order chi connectivity index (χ1) is 19.0. The zero-order valence-electron chi connectivity index (χ0n) is 25.0. The fourth-order valence-corrected chi connectivity index (χ4v) is 8.02. The number of hydrogen-bond donors (Lipinski definition) is 1. The van der Waals surface area contributed by atoms with E-state index in [0.717, 1.165) is 43.2 Å². The van der Waals surface area contributed by atoms with Gasteiger partial charge in [0.15, 0.2) is 5.79 Å². The minimum Gasteiger partial charge on any atom is -0.443 e. The van der Waals surface area contributed by atoms with Crippen molar-refractivity contribution in [1.82, 2.24) is 0 Å². The summed E-state index contributed by atoms with van der Waals surface area (Å²) >= 11 is 0. The number of fused-ring (bicyclic) bond motifs is 4.